The van der Waals surface area contributed by atoms with E-state index in [4.69, 9.17) is 4.98 Å². The minimum Gasteiger partial charge on any atom is -0.342 e. The summed E-state index contributed by atoms with van der Waals surface area (Å²) < 4.78 is 3.24. The van der Waals surface area contributed by atoms with E-state index < -0.39 is 0 Å². The van der Waals surface area contributed by atoms with Crippen molar-refractivity contribution in [1.82, 2.24) is 24.6 Å². The van der Waals surface area contributed by atoms with Crippen LogP contribution in [0.15, 0.2) is 58.2 Å². The van der Waals surface area contributed by atoms with E-state index in [1.54, 1.807) is 0 Å². The molecule has 6 nitrogen and oxygen atoms in total. The van der Waals surface area contributed by atoms with Crippen molar-refractivity contribution in [2.45, 2.75) is 31.5 Å². The van der Waals surface area contributed by atoms with Crippen LogP contribution in [0.25, 0.3) is 22.1 Å². The van der Waals surface area contributed by atoms with E-state index in [2.05, 4.69) is 61.9 Å². The van der Waals surface area contributed by atoms with Gasteiger partial charge in [0.15, 0.2) is 5.65 Å². The Labute approximate surface area is 199 Å². The number of benzene rings is 2. The molecule has 1 aliphatic rings. The first kappa shape index (κ1) is 21.4. The Kier molecular flexibility index (Phi) is 6.15. The largest absolute Gasteiger partial charge is 0.342 e. The Morgan fingerprint density at radius 3 is 2.62 bits per heavy atom. The zero-order valence-corrected chi connectivity index (χ0v) is 20.3. The molecule has 0 saturated carbocycles. The number of para-hydroxylation sites is 1. The molecule has 32 heavy (non-hydrogen) atoms. The van der Waals surface area contributed by atoms with Crippen molar-refractivity contribution in [3.63, 3.8) is 0 Å². The maximum Gasteiger partial charge on any atom is 0.233 e. The number of piperidine rings is 1. The van der Waals surface area contributed by atoms with Crippen LogP contribution >= 0.6 is 27.7 Å². The molecule has 1 saturated heterocycles. The Morgan fingerprint density at radius 2 is 1.84 bits per heavy atom. The van der Waals surface area contributed by atoms with Gasteiger partial charge in [-0.3, -0.25) is 4.79 Å². The number of hydrogen-bond acceptors (Lipinski definition) is 5. The number of rotatable bonds is 5. The molecule has 0 radical (unpaired) electrons. The zero-order chi connectivity index (χ0) is 22.1. The fourth-order valence-corrected chi connectivity index (χ4v) is 5.11. The molecule has 0 N–H and O–H groups in total. The Bertz CT molecular complexity index is 1260. The van der Waals surface area contributed by atoms with Gasteiger partial charge in [-0.1, -0.05) is 64.9 Å². The normalized spacial score (nSPS) is 15.0. The number of carbonyl (C=O) groups is 1. The summed E-state index contributed by atoms with van der Waals surface area (Å²) in [7, 11) is 0. The molecule has 0 spiro atoms. The van der Waals surface area contributed by atoms with Gasteiger partial charge in [-0.2, -0.15) is 0 Å². The average Bonchev–Trinajstić information content (AvgIpc) is 3.12. The summed E-state index contributed by atoms with van der Waals surface area (Å²) >= 11 is 4.87. The second-order valence-electron chi connectivity index (χ2n) is 8.35. The summed E-state index contributed by atoms with van der Waals surface area (Å²) in [5, 5.41) is 10.4. The monoisotopic (exact) mass is 509 g/mol. The molecule has 4 aromatic rings. The minimum absolute atomic E-state index is 0.154. The van der Waals surface area contributed by atoms with Crippen LogP contribution in [0.3, 0.4) is 0 Å². The van der Waals surface area contributed by atoms with Gasteiger partial charge in [0.2, 0.25) is 11.1 Å². The molecule has 8 heteroatoms. The lowest BCUT2D eigenvalue weighted by atomic mass is 9.99. The summed E-state index contributed by atoms with van der Waals surface area (Å²) in [6.07, 6.45) is 2.16. The molecule has 2 aromatic carbocycles. The number of likely N-dealkylation sites (tertiary alicyclic amines) is 1. The second-order valence-corrected chi connectivity index (χ2v) is 10.2. The maximum absolute atomic E-state index is 12.6. The molecule has 0 unspecified atom stereocenters. The van der Waals surface area contributed by atoms with Crippen molar-refractivity contribution >= 4 is 55.7 Å². The van der Waals surface area contributed by atoms with Crippen molar-refractivity contribution < 1.29 is 4.79 Å². The van der Waals surface area contributed by atoms with Crippen LogP contribution in [0.4, 0.5) is 0 Å². The van der Waals surface area contributed by atoms with Crippen LogP contribution in [0, 0.1) is 5.92 Å². The standard InChI is InChI=1S/C24H24BrN5OS/c1-16-10-12-29(13-11-16)21(31)15-32-24-26-23-22(27-28-24)19-4-2-3-5-20(19)30(23)14-17-6-8-18(25)9-7-17/h2-9,16H,10-15H2,1H3. The van der Waals surface area contributed by atoms with Gasteiger partial charge in [0.05, 0.1) is 11.3 Å². The van der Waals surface area contributed by atoms with E-state index in [0.29, 0.717) is 23.4 Å². The van der Waals surface area contributed by atoms with E-state index in [-0.39, 0.29) is 5.91 Å². The molecule has 1 amide bonds. The fraction of sp³-hybridized carbons (Fsp3) is 0.333. The van der Waals surface area contributed by atoms with Gasteiger partial charge in [0.25, 0.3) is 0 Å². The molecule has 3 heterocycles. The topological polar surface area (TPSA) is 63.9 Å². The van der Waals surface area contributed by atoms with Crippen LogP contribution in [-0.4, -0.2) is 49.4 Å². The average molecular weight is 510 g/mol. The smallest absolute Gasteiger partial charge is 0.233 e. The predicted octanol–water partition coefficient (Wildman–Crippen LogP) is 5.14. The third kappa shape index (κ3) is 4.38. The first-order chi connectivity index (χ1) is 15.6. The molecule has 1 aliphatic heterocycles. The highest BCUT2D eigenvalue weighted by Gasteiger charge is 2.21. The number of hydrogen-bond donors (Lipinski definition) is 0. The minimum atomic E-state index is 0.154. The Balaban J connectivity index is 1.42. The Hall–Kier alpha value is -2.45. The van der Waals surface area contributed by atoms with E-state index in [1.807, 2.05) is 29.2 Å². The number of amides is 1. The Morgan fingerprint density at radius 1 is 1.09 bits per heavy atom. The second kappa shape index (κ2) is 9.19. The van der Waals surface area contributed by atoms with Crippen molar-refractivity contribution in [3.8, 4) is 0 Å². The van der Waals surface area contributed by atoms with Crippen LogP contribution in [0.2, 0.25) is 0 Å². The molecular weight excluding hydrogens is 486 g/mol. The van der Waals surface area contributed by atoms with Crippen molar-refractivity contribution in [1.29, 1.82) is 0 Å². The van der Waals surface area contributed by atoms with E-state index in [1.165, 1.54) is 17.3 Å². The number of halogens is 1. The highest BCUT2D eigenvalue weighted by molar-refractivity contribution is 9.10. The van der Waals surface area contributed by atoms with E-state index >= 15 is 0 Å². The number of fused-ring (bicyclic) bond motifs is 3. The van der Waals surface area contributed by atoms with Gasteiger partial charge >= 0.3 is 0 Å². The van der Waals surface area contributed by atoms with Gasteiger partial charge in [-0.25, -0.2) is 4.98 Å². The lowest BCUT2D eigenvalue weighted by Gasteiger charge is -2.30. The van der Waals surface area contributed by atoms with Gasteiger partial charge in [-0.15, -0.1) is 10.2 Å². The van der Waals surface area contributed by atoms with Crippen LogP contribution in [0.5, 0.6) is 0 Å². The van der Waals surface area contributed by atoms with Gasteiger partial charge in [-0.05, 0) is 42.5 Å². The van der Waals surface area contributed by atoms with Crippen LogP contribution < -0.4 is 0 Å². The van der Waals surface area contributed by atoms with Crippen LogP contribution in [0.1, 0.15) is 25.3 Å². The highest BCUT2D eigenvalue weighted by atomic mass is 79.9. The van der Waals surface area contributed by atoms with Crippen LogP contribution in [-0.2, 0) is 11.3 Å². The van der Waals surface area contributed by atoms with E-state index in [9.17, 15) is 4.79 Å². The molecular formula is C24H24BrN5OS. The summed E-state index contributed by atoms with van der Waals surface area (Å²) in [5.74, 6) is 1.20. The summed E-state index contributed by atoms with van der Waals surface area (Å²) in [6.45, 7) is 4.63. The van der Waals surface area contributed by atoms with Crippen molar-refractivity contribution in [3.05, 3.63) is 58.6 Å². The van der Waals surface area contributed by atoms with Gasteiger partial charge in [0.1, 0.15) is 5.52 Å². The molecule has 0 atom stereocenters. The number of aromatic nitrogens is 4. The van der Waals surface area contributed by atoms with E-state index in [0.717, 1.165) is 52.5 Å². The number of carbonyl (C=O) groups excluding carboxylic acids is 1. The first-order valence-electron chi connectivity index (χ1n) is 10.8. The lowest BCUT2D eigenvalue weighted by molar-refractivity contribution is -0.129. The summed E-state index contributed by atoms with van der Waals surface area (Å²) in [5.41, 5.74) is 3.84. The SMILES string of the molecule is CC1CCN(C(=O)CSc2nnc3c4ccccc4n(Cc4ccc(Br)cc4)c3n2)CC1. The van der Waals surface area contributed by atoms with Gasteiger partial charge < -0.3 is 9.47 Å². The fourth-order valence-electron chi connectivity index (χ4n) is 4.16. The van der Waals surface area contributed by atoms with Gasteiger partial charge in [0, 0.05) is 29.5 Å². The number of thioether (sulfide) groups is 1. The third-order valence-electron chi connectivity index (χ3n) is 6.07. The maximum atomic E-state index is 12.6. The molecule has 164 valence electrons. The predicted molar refractivity (Wildman–Crippen MR) is 132 cm³/mol. The zero-order valence-electron chi connectivity index (χ0n) is 17.9. The molecule has 5 rings (SSSR count). The molecule has 2 aromatic heterocycles. The number of nitrogens with zero attached hydrogens (tertiary/aromatic N) is 5. The van der Waals surface area contributed by atoms with Crippen molar-refractivity contribution in [2.24, 2.45) is 5.92 Å². The summed E-state index contributed by atoms with van der Waals surface area (Å²) in [6, 6.07) is 16.5. The quantitative estimate of drug-likeness (QED) is 0.348. The molecule has 0 aliphatic carbocycles. The molecule has 0 bridgehead atoms. The lowest BCUT2D eigenvalue weighted by Crippen LogP contribution is -2.38. The summed E-state index contributed by atoms with van der Waals surface area (Å²) in [4.78, 5) is 19.4. The highest BCUT2D eigenvalue weighted by Crippen LogP contribution is 2.28. The molecule has 1 fully saturated rings. The third-order valence-corrected chi connectivity index (χ3v) is 7.42. The van der Waals surface area contributed by atoms with Crippen molar-refractivity contribution in [2.75, 3.05) is 18.8 Å². The first-order valence-corrected chi connectivity index (χ1v) is 12.6.